The number of hydrogen-bond acceptors (Lipinski definition) is 3. The Labute approximate surface area is 131 Å². The Bertz CT molecular complexity index is 999. The van der Waals surface area contributed by atoms with Gasteiger partial charge in [-0.15, -0.1) is 0 Å². The highest BCUT2D eigenvalue weighted by Crippen LogP contribution is 2.34. The molecule has 0 radical (unpaired) electrons. The molecule has 0 saturated heterocycles. The van der Waals surface area contributed by atoms with Gasteiger partial charge in [0.1, 0.15) is 11.5 Å². The number of nitrogen functional groups attached to an aromatic ring is 1. The number of fused-ring (bicyclic) bond motifs is 2. The van der Waals surface area contributed by atoms with E-state index in [1.165, 1.54) is 0 Å². The summed E-state index contributed by atoms with van der Waals surface area (Å²) in [4.78, 5) is 19.6. The molecule has 0 atom stereocenters. The summed E-state index contributed by atoms with van der Waals surface area (Å²) in [7, 11) is 0. The lowest BCUT2D eigenvalue weighted by atomic mass is 10.0. The number of benzene rings is 1. The number of nitrogens with two attached hydrogens (primary N) is 1. The molecule has 0 spiro atoms. The van der Waals surface area contributed by atoms with E-state index in [4.69, 9.17) is 11.1 Å². The molecule has 3 heterocycles. The van der Waals surface area contributed by atoms with Crippen molar-refractivity contribution < 1.29 is 4.79 Å². The van der Waals surface area contributed by atoms with Gasteiger partial charge in [-0.25, -0.2) is 4.98 Å². The minimum atomic E-state index is -0.168. The Balaban J connectivity index is 1.88. The van der Waals surface area contributed by atoms with Crippen LogP contribution in [-0.4, -0.2) is 21.7 Å². The molecule has 1 amide bonds. The number of nitrogens with zero attached hydrogens (tertiary/aromatic N) is 1. The number of aromatic nitrogens is 2. The number of nitrogens with one attached hydrogen (secondary N) is 3. The van der Waals surface area contributed by atoms with Crippen LogP contribution in [0.25, 0.3) is 22.7 Å². The van der Waals surface area contributed by atoms with Gasteiger partial charge in [-0.1, -0.05) is 0 Å². The summed E-state index contributed by atoms with van der Waals surface area (Å²) in [5.41, 5.74) is 9.82. The molecule has 6 nitrogen and oxygen atoms in total. The molecule has 23 heavy (non-hydrogen) atoms. The molecule has 2 aromatic heterocycles. The van der Waals surface area contributed by atoms with Gasteiger partial charge in [0, 0.05) is 45.7 Å². The van der Waals surface area contributed by atoms with E-state index in [1.54, 1.807) is 24.4 Å². The van der Waals surface area contributed by atoms with Gasteiger partial charge in [0.25, 0.3) is 5.91 Å². The van der Waals surface area contributed by atoms with E-state index in [0.717, 1.165) is 27.8 Å². The zero-order valence-corrected chi connectivity index (χ0v) is 12.1. The van der Waals surface area contributed by atoms with Crippen molar-refractivity contribution >= 4 is 40.1 Å². The maximum Gasteiger partial charge on any atom is 0.256 e. The zero-order valence-electron chi connectivity index (χ0n) is 12.1. The third-order valence-electron chi connectivity index (χ3n) is 3.90. The number of aromatic amines is 1. The number of pyridine rings is 1. The van der Waals surface area contributed by atoms with Crippen LogP contribution in [0.1, 0.15) is 16.7 Å². The van der Waals surface area contributed by atoms with Gasteiger partial charge >= 0.3 is 0 Å². The Morgan fingerprint density at radius 1 is 1.30 bits per heavy atom. The number of amides is 1. The Morgan fingerprint density at radius 3 is 3.00 bits per heavy atom. The molecule has 6 heteroatoms. The molecular weight excluding hydrogens is 290 g/mol. The van der Waals surface area contributed by atoms with Crippen molar-refractivity contribution in [2.75, 3.05) is 5.32 Å². The molecule has 1 aliphatic rings. The van der Waals surface area contributed by atoms with Crippen LogP contribution in [0.15, 0.2) is 42.7 Å². The summed E-state index contributed by atoms with van der Waals surface area (Å²) in [6.07, 6.45) is 5.36. The lowest BCUT2D eigenvalue weighted by Gasteiger charge is -2.02. The van der Waals surface area contributed by atoms with Crippen LogP contribution in [0.5, 0.6) is 0 Å². The van der Waals surface area contributed by atoms with Crippen LogP contribution in [0, 0.1) is 5.41 Å². The summed E-state index contributed by atoms with van der Waals surface area (Å²) >= 11 is 0. The molecule has 3 aromatic rings. The molecule has 112 valence electrons. The Morgan fingerprint density at radius 2 is 2.17 bits per heavy atom. The van der Waals surface area contributed by atoms with Crippen LogP contribution < -0.4 is 11.1 Å². The van der Waals surface area contributed by atoms with E-state index in [1.807, 2.05) is 24.4 Å². The normalized spacial score (nSPS) is 15.0. The number of anilines is 1. The van der Waals surface area contributed by atoms with Crippen molar-refractivity contribution in [2.24, 2.45) is 5.73 Å². The topological polar surface area (TPSA) is 108 Å². The summed E-state index contributed by atoms with van der Waals surface area (Å²) in [5.74, 6) is -0.193. The van der Waals surface area contributed by atoms with Crippen molar-refractivity contribution in [3.63, 3.8) is 0 Å². The molecule has 0 fully saturated rings. The summed E-state index contributed by atoms with van der Waals surface area (Å²) in [6, 6.07) is 9.05. The molecule has 1 aromatic carbocycles. The van der Waals surface area contributed by atoms with E-state index >= 15 is 0 Å². The van der Waals surface area contributed by atoms with Crippen molar-refractivity contribution in [1.82, 2.24) is 9.97 Å². The quantitative estimate of drug-likeness (QED) is 0.331. The van der Waals surface area contributed by atoms with E-state index in [0.29, 0.717) is 11.1 Å². The van der Waals surface area contributed by atoms with Gasteiger partial charge in [0.15, 0.2) is 0 Å². The van der Waals surface area contributed by atoms with Crippen LogP contribution in [-0.2, 0) is 4.79 Å². The summed E-state index contributed by atoms with van der Waals surface area (Å²) < 4.78 is 0. The fourth-order valence-corrected chi connectivity index (χ4v) is 2.75. The number of rotatable bonds is 2. The molecule has 0 bridgehead atoms. The monoisotopic (exact) mass is 303 g/mol. The maximum absolute atomic E-state index is 12.3. The second-order valence-electron chi connectivity index (χ2n) is 5.33. The van der Waals surface area contributed by atoms with E-state index < -0.39 is 0 Å². The second-order valence-corrected chi connectivity index (χ2v) is 5.33. The summed E-state index contributed by atoms with van der Waals surface area (Å²) in [5, 5.41) is 11.3. The third-order valence-corrected chi connectivity index (χ3v) is 3.90. The number of carbonyl (C=O) groups is 1. The lowest BCUT2D eigenvalue weighted by Crippen LogP contribution is -2.10. The number of hydrogen-bond donors (Lipinski definition) is 4. The number of H-pyrrole nitrogens is 1. The van der Waals surface area contributed by atoms with Crippen molar-refractivity contribution in [1.29, 1.82) is 5.41 Å². The molecule has 0 aliphatic carbocycles. The number of amidine groups is 1. The molecule has 5 N–H and O–H groups in total. The van der Waals surface area contributed by atoms with Gasteiger partial charge in [-0.3, -0.25) is 10.2 Å². The largest absolute Gasteiger partial charge is 0.384 e. The Kier molecular flexibility index (Phi) is 2.77. The lowest BCUT2D eigenvalue weighted by molar-refractivity contribution is -0.110. The van der Waals surface area contributed by atoms with Crippen LogP contribution in [0.2, 0.25) is 0 Å². The number of carbonyl (C=O) groups excluding carboxylic acids is 1. The van der Waals surface area contributed by atoms with Gasteiger partial charge in [-0.05, 0) is 36.4 Å². The highest BCUT2D eigenvalue weighted by Gasteiger charge is 2.25. The average Bonchev–Trinajstić information content (AvgIpc) is 3.09. The smallest absolute Gasteiger partial charge is 0.256 e. The second kappa shape index (κ2) is 4.81. The van der Waals surface area contributed by atoms with Gasteiger partial charge in [0.2, 0.25) is 0 Å². The minimum Gasteiger partial charge on any atom is -0.384 e. The SMILES string of the molecule is N=C(N)c1ccc2c(c1)/C(=C\c1c[nH]c3ncccc13)C(=O)N2. The molecule has 0 unspecified atom stereocenters. The van der Waals surface area contributed by atoms with E-state index in [-0.39, 0.29) is 11.7 Å². The highest BCUT2D eigenvalue weighted by molar-refractivity contribution is 6.35. The Hall–Kier alpha value is -3.41. The van der Waals surface area contributed by atoms with Crippen molar-refractivity contribution in [3.8, 4) is 0 Å². The predicted molar refractivity (Wildman–Crippen MR) is 90.1 cm³/mol. The zero-order chi connectivity index (χ0) is 16.0. The van der Waals surface area contributed by atoms with Gasteiger partial charge < -0.3 is 16.0 Å². The average molecular weight is 303 g/mol. The molecular formula is C17H13N5O. The van der Waals surface area contributed by atoms with E-state index in [2.05, 4.69) is 15.3 Å². The predicted octanol–water partition coefficient (Wildman–Crippen LogP) is 2.34. The molecule has 0 saturated carbocycles. The maximum atomic E-state index is 12.3. The first-order valence-corrected chi connectivity index (χ1v) is 7.07. The summed E-state index contributed by atoms with van der Waals surface area (Å²) in [6.45, 7) is 0. The first kappa shape index (κ1) is 13.3. The van der Waals surface area contributed by atoms with Gasteiger partial charge in [0.05, 0.1) is 0 Å². The fraction of sp³-hybridized carbons (Fsp3) is 0. The molecule has 1 aliphatic heterocycles. The molecule has 4 rings (SSSR count). The van der Waals surface area contributed by atoms with Crippen molar-refractivity contribution in [3.05, 3.63) is 59.4 Å². The van der Waals surface area contributed by atoms with Crippen LogP contribution in [0.4, 0.5) is 5.69 Å². The fourth-order valence-electron chi connectivity index (χ4n) is 2.75. The minimum absolute atomic E-state index is 0.0252. The first-order chi connectivity index (χ1) is 11.1. The van der Waals surface area contributed by atoms with Crippen molar-refractivity contribution in [2.45, 2.75) is 0 Å². The highest BCUT2D eigenvalue weighted by atomic mass is 16.2. The van der Waals surface area contributed by atoms with E-state index in [9.17, 15) is 4.79 Å². The van der Waals surface area contributed by atoms with Gasteiger partial charge in [-0.2, -0.15) is 0 Å². The van der Waals surface area contributed by atoms with Crippen LogP contribution >= 0.6 is 0 Å². The van der Waals surface area contributed by atoms with Crippen LogP contribution in [0.3, 0.4) is 0 Å². The third kappa shape index (κ3) is 2.08. The first-order valence-electron chi connectivity index (χ1n) is 7.07. The standard InChI is InChI=1S/C17H13N5O/c18-15(19)9-3-4-14-12(6-9)13(17(23)22-14)7-10-8-21-16-11(10)2-1-5-20-16/h1-8H,(H3,18,19)(H,20,21)(H,22,23)/b13-7+.